The Morgan fingerprint density at radius 1 is 1.32 bits per heavy atom. The maximum atomic E-state index is 12.2. The Balaban J connectivity index is 2.20. The van der Waals surface area contributed by atoms with Gasteiger partial charge in [-0.2, -0.15) is 0 Å². The number of aromatic nitrogens is 3. The van der Waals surface area contributed by atoms with Gasteiger partial charge in [0.15, 0.2) is 16.7 Å². The molecule has 0 saturated carbocycles. The minimum atomic E-state index is -0.511. The molecule has 0 spiro atoms. The lowest BCUT2D eigenvalue weighted by Gasteiger charge is -2.21. The molecule has 0 radical (unpaired) electrons. The Morgan fingerprint density at radius 2 is 2.08 bits per heavy atom. The first kappa shape index (κ1) is 17.2. The van der Waals surface area contributed by atoms with E-state index in [0.717, 1.165) is 0 Å². The summed E-state index contributed by atoms with van der Waals surface area (Å²) in [4.78, 5) is 38.9. The maximum absolute atomic E-state index is 12.2. The van der Waals surface area contributed by atoms with Gasteiger partial charge in [-0.1, -0.05) is 11.8 Å². The molecule has 3 heterocycles. The lowest BCUT2D eigenvalue weighted by molar-refractivity contribution is -0.141. The molecule has 9 nitrogen and oxygen atoms in total. The molecule has 0 fully saturated rings. The number of hydrogen-bond donors (Lipinski definition) is 0. The van der Waals surface area contributed by atoms with Crippen LogP contribution in [0.15, 0.2) is 10.1 Å². The lowest BCUT2D eigenvalue weighted by atomic mass is 10.2. The average molecular weight is 363 g/mol. The van der Waals surface area contributed by atoms with Crippen LogP contribution in [0.3, 0.4) is 0 Å². The summed E-state index contributed by atoms with van der Waals surface area (Å²) < 4.78 is 11.5. The number of nitrogens with zero attached hydrogens (tertiary/aromatic N) is 5. The van der Waals surface area contributed by atoms with Crippen LogP contribution >= 0.6 is 11.8 Å². The van der Waals surface area contributed by atoms with E-state index in [9.17, 15) is 9.59 Å². The molecule has 3 rings (SSSR count). The monoisotopic (exact) mass is 363 g/mol. The molecule has 2 aromatic rings. The minimum absolute atomic E-state index is 0.0286. The van der Waals surface area contributed by atoms with Crippen LogP contribution in [0.25, 0.3) is 11.0 Å². The molecule has 25 heavy (non-hydrogen) atoms. The maximum Gasteiger partial charge on any atom is 0.357 e. The number of carbonyl (C=O) groups is 2. The first-order chi connectivity index (χ1) is 12.0. The van der Waals surface area contributed by atoms with Gasteiger partial charge in [0, 0.05) is 7.05 Å². The average Bonchev–Trinajstić information content (AvgIpc) is 2.89. The van der Waals surface area contributed by atoms with Gasteiger partial charge in [0.05, 0.1) is 25.4 Å². The summed E-state index contributed by atoms with van der Waals surface area (Å²) in [5, 5.41) is 1.13. The van der Waals surface area contributed by atoms with Crippen molar-refractivity contribution in [3.05, 3.63) is 5.69 Å². The number of esters is 2. The number of rotatable bonds is 5. The molecule has 0 atom stereocenters. The van der Waals surface area contributed by atoms with Gasteiger partial charge in [-0.3, -0.25) is 4.79 Å². The molecule has 0 aliphatic carbocycles. The summed E-state index contributed by atoms with van der Waals surface area (Å²) in [6, 6.07) is 0. The van der Waals surface area contributed by atoms with Crippen molar-refractivity contribution >= 4 is 52.6 Å². The zero-order chi connectivity index (χ0) is 18.1. The van der Waals surface area contributed by atoms with E-state index >= 15 is 0 Å². The lowest BCUT2D eigenvalue weighted by Crippen LogP contribution is -2.31. The standard InChI is InChI=1S/C15H17N5O4S/c1-5-24-8(21)6-20-7-16-10-9-12(17-15(25-4)18-13(9)20)19(2)11(10)14(22)23-3/h7H,5-6H2,1-4H3. The Kier molecular flexibility index (Phi) is 4.62. The fourth-order valence-electron chi connectivity index (χ4n) is 2.65. The number of methoxy groups -OCH3 is 1. The third-order valence-corrected chi connectivity index (χ3v) is 4.28. The molecule has 0 aromatic carbocycles. The zero-order valence-corrected chi connectivity index (χ0v) is 15.1. The van der Waals surface area contributed by atoms with Crippen LogP contribution in [0.5, 0.6) is 0 Å². The highest BCUT2D eigenvalue weighted by Crippen LogP contribution is 2.40. The molecule has 0 saturated heterocycles. The van der Waals surface area contributed by atoms with Crippen LogP contribution in [0.2, 0.25) is 0 Å². The summed E-state index contributed by atoms with van der Waals surface area (Å²) in [5.41, 5.74) is 1.28. The van der Waals surface area contributed by atoms with Crippen molar-refractivity contribution in [2.24, 2.45) is 12.0 Å². The number of ether oxygens (including phenoxy) is 2. The smallest absolute Gasteiger partial charge is 0.357 e. The topological polar surface area (TPSA) is 98.9 Å². The van der Waals surface area contributed by atoms with Gasteiger partial charge in [-0.25, -0.2) is 19.8 Å². The quantitative estimate of drug-likeness (QED) is 0.448. The minimum Gasteiger partial charge on any atom is -0.465 e. The number of aliphatic imine (C=N–C) groups is 1. The fourth-order valence-corrected chi connectivity index (χ4v) is 3.01. The molecule has 0 amide bonds. The van der Waals surface area contributed by atoms with Crippen LogP contribution in [0.1, 0.15) is 17.4 Å². The van der Waals surface area contributed by atoms with E-state index in [-0.39, 0.29) is 12.5 Å². The summed E-state index contributed by atoms with van der Waals surface area (Å²) in [6.45, 7) is 2.01. The Labute approximate surface area is 148 Å². The van der Waals surface area contributed by atoms with E-state index in [1.54, 1.807) is 23.4 Å². The van der Waals surface area contributed by atoms with E-state index in [2.05, 4.69) is 15.0 Å². The van der Waals surface area contributed by atoms with Crippen molar-refractivity contribution in [3.63, 3.8) is 0 Å². The molecule has 2 aromatic heterocycles. The van der Waals surface area contributed by atoms with Crippen molar-refractivity contribution in [1.82, 2.24) is 14.5 Å². The molecule has 1 aliphatic heterocycles. The third-order valence-electron chi connectivity index (χ3n) is 3.73. The van der Waals surface area contributed by atoms with Crippen molar-refractivity contribution < 1.29 is 19.1 Å². The van der Waals surface area contributed by atoms with Crippen LogP contribution < -0.4 is 4.90 Å². The second-order valence-electron chi connectivity index (χ2n) is 5.16. The molecule has 1 aliphatic rings. The molecule has 0 unspecified atom stereocenters. The zero-order valence-electron chi connectivity index (χ0n) is 14.3. The van der Waals surface area contributed by atoms with Gasteiger partial charge in [-0.15, -0.1) is 0 Å². The van der Waals surface area contributed by atoms with Crippen LogP contribution in [0, 0.1) is 0 Å². The number of anilines is 1. The molecule has 0 N–H and O–H groups in total. The summed E-state index contributed by atoms with van der Waals surface area (Å²) >= 11 is 1.37. The van der Waals surface area contributed by atoms with Crippen molar-refractivity contribution in [2.75, 3.05) is 31.4 Å². The van der Waals surface area contributed by atoms with Gasteiger partial charge in [0.1, 0.15) is 17.9 Å². The van der Waals surface area contributed by atoms with Crippen LogP contribution in [-0.4, -0.2) is 59.3 Å². The molecule has 10 heteroatoms. The fraction of sp³-hybridized carbons (Fsp3) is 0.400. The molecule has 0 bridgehead atoms. The van der Waals surface area contributed by atoms with Gasteiger partial charge < -0.3 is 18.9 Å². The Bertz CT molecular complexity index is 892. The predicted octanol–water partition coefficient (Wildman–Crippen LogP) is 1.52. The van der Waals surface area contributed by atoms with E-state index in [0.29, 0.717) is 40.0 Å². The van der Waals surface area contributed by atoms with Gasteiger partial charge in [0.25, 0.3) is 0 Å². The number of carbonyl (C=O) groups excluding carboxylic acids is 2. The van der Waals surface area contributed by atoms with Crippen molar-refractivity contribution in [2.45, 2.75) is 12.1 Å². The highest BCUT2D eigenvalue weighted by molar-refractivity contribution is 7.98. The number of aryl methyl sites for hydroxylation is 1. The first-order valence-corrected chi connectivity index (χ1v) is 8.73. The normalized spacial score (nSPS) is 12.6. The molecular weight excluding hydrogens is 346 g/mol. The molecule has 132 valence electrons. The van der Waals surface area contributed by atoms with E-state index in [1.165, 1.54) is 25.2 Å². The van der Waals surface area contributed by atoms with Crippen molar-refractivity contribution in [3.8, 4) is 0 Å². The summed E-state index contributed by atoms with van der Waals surface area (Å²) in [5.74, 6) is -0.389. The second-order valence-corrected chi connectivity index (χ2v) is 5.93. The van der Waals surface area contributed by atoms with E-state index < -0.39 is 5.97 Å². The largest absolute Gasteiger partial charge is 0.465 e. The molecular formula is C15H17N5O4S. The second kappa shape index (κ2) is 6.71. The third kappa shape index (κ3) is 2.82. The van der Waals surface area contributed by atoms with Crippen molar-refractivity contribution in [1.29, 1.82) is 0 Å². The van der Waals surface area contributed by atoms with Gasteiger partial charge in [0.2, 0.25) is 0 Å². The highest BCUT2D eigenvalue weighted by atomic mass is 32.2. The van der Waals surface area contributed by atoms with Gasteiger partial charge >= 0.3 is 11.9 Å². The van der Waals surface area contributed by atoms with E-state index in [4.69, 9.17) is 9.47 Å². The SMILES string of the molecule is CCOC(=O)CN1C=Nc2c(C(=O)OC)n(C)c3nc(SC)nc1c23. The number of thioether (sulfide) groups is 1. The van der Waals surface area contributed by atoms with Crippen LogP contribution in [0.4, 0.5) is 11.5 Å². The van der Waals surface area contributed by atoms with E-state index in [1.807, 2.05) is 6.26 Å². The highest BCUT2D eigenvalue weighted by Gasteiger charge is 2.30. The Hall–Kier alpha value is -2.62. The first-order valence-electron chi connectivity index (χ1n) is 7.51. The van der Waals surface area contributed by atoms with Crippen LogP contribution in [-0.2, 0) is 21.3 Å². The Morgan fingerprint density at radius 3 is 2.72 bits per heavy atom. The summed E-state index contributed by atoms with van der Waals surface area (Å²) in [6.07, 6.45) is 3.32. The summed E-state index contributed by atoms with van der Waals surface area (Å²) in [7, 11) is 3.03. The number of hydrogen-bond acceptors (Lipinski definition) is 9. The predicted molar refractivity (Wildman–Crippen MR) is 93.8 cm³/mol. The van der Waals surface area contributed by atoms with Gasteiger partial charge in [-0.05, 0) is 13.2 Å².